The van der Waals surface area contributed by atoms with E-state index in [2.05, 4.69) is 10.3 Å². The van der Waals surface area contributed by atoms with Gasteiger partial charge in [-0.1, -0.05) is 6.07 Å². The lowest BCUT2D eigenvalue weighted by atomic mass is 10.2. The SMILES string of the molecule is Cc1cnc(Nc2cc(F)ccc2C)c(N)c1. The summed E-state index contributed by atoms with van der Waals surface area (Å²) in [5.41, 5.74) is 8.99. The highest BCUT2D eigenvalue weighted by Gasteiger charge is 2.05. The third kappa shape index (κ3) is 2.53. The second kappa shape index (κ2) is 4.41. The maximum absolute atomic E-state index is 13.1. The first-order valence-corrected chi connectivity index (χ1v) is 5.31. The van der Waals surface area contributed by atoms with Crippen molar-refractivity contribution < 1.29 is 4.39 Å². The van der Waals surface area contributed by atoms with Gasteiger partial charge < -0.3 is 11.1 Å². The van der Waals surface area contributed by atoms with E-state index < -0.39 is 0 Å². The molecule has 0 radical (unpaired) electrons. The minimum Gasteiger partial charge on any atom is -0.396 e. The number of nitrogens with one attached hydrogen (secondary N) is 1. The van der Waals surface area contributed by atoms with Gasteiger partial charge in [-0.15, -0.1) is 0 Å². The van der Waals surface area contributed by atoms with E-state index in [9.17, 15) is 4.39 Å². The molecule has 3 nitrogen and oxygen atoms in total. The summed E-state index contributed by atoms with van der Waals surface area (Å²) in [5, 5.41) is 3.03. The first kappa shape index (κ1) is 11.4. The zero-order chi connectivity index (χ0) is 12.4. The molecule has 1 aromatic carbocycles. The second-order valence-electron chi connectivity index (χ2n) is 4.03. The van der Waals surface area contributed by atoms with Crippen molar-refractivity contribution in [2.24, 2.45) is 0 Å². The summed E-state index contributed by atoms with van der Waals surface area (Å²) < 4.78 is 13.1. The number of benzene rings is 1. The molecule has 4 heteroatoms. The molecule has 0 aliphatic carbocycles. The van der Waals surface area contributed by atoms with Crippen LogP contribution in [0.2, 0.25) is 0 Å². The molecule has 0 fully saturated rings. The van der Waals surface area contributed by atoms with Gasteiger partial charge in [0.05, 0.1) is 5.69 Å². The van der Waals surface area contributed by atoms with Crippen molar-refractivity contribution in [1.82, 2.24) is 4.98 Å². The van der Waals surface area contributed by atoms with E-state index in [1.807, 2.05) is 19.9 Å². The number of rotatable bonds is 2. The van der Waals surface area contributed by atoms with Crippen molar-refractivity contribution in [2.45, 2.75) is 13.8 Å². The van der Waals surface area contributed by atoms with Crippen molar-refractivity contribution in [3.05, 3.63) is 47.4 Å². The summed E-state index contributed by atoms with van der Waals surface area (Å²) in [4.78, 5) is 4.19. The Morgan fingerprint density at radius 2 is 2.00 bits per heavy atom. The number of hydrogen-bond donors (Lipinski definition) is 2. The van der Waals surface area contributed by atoms with Crippen LogP contribution in [0.1, 0.15) is 11.1 Å². The Bertz CT molecular complexity index is 552. The minimum absolute atomic E-state index is 0.288. The molecule has 17 heavy (non-hydrogen) atoms. The average molecular weight is 231 g/mol. The average Bonchev–Trinajstić information content (AvgIpc) is 2.27. The molecule has 0 saturated heterocycles. The number of aryl methyl sites for hydroxylation is 2. The number of aromatic nitrogens is 1. The van der Waals surface area contributed by atoms with E-state index in [1.165, 1.54) is 12.1 Å². The lowest BCUT2D eigenvalue weighted by Gasteiger charge is -2.11. The van der Waals surface area contributed by atoms with Gasteiger partial charge in [0.2, 0.25) is 0 Å². The highest BCUT2D eigenvalue weighted by molar-refractivity contribution is 5.70. The molecule has 0 atom stereocenters. The number of nitrogens with zero attached hydrogens (tertiary/aromatic N) is 1. The van der Waals surface area contributed by atoms with Crippen LogP contribution in [0, 0.1) is 19.7 Å². The molecule has 2 aromatic rings. The normalized spacial score (nSPS) is 10.3. The van der Waals surface area contributed by atoms with Crippen LogP contribution in [-0.2, 0) is 0 Å². The summed E-state index contributed by atoms with van der Waals surface area (Å²) in [5.74, 6) is 0.257. The number of pyridine rings is 1. The van der Waals surface area contributed by atoms with Crippen LogP contribution < -0.4 is 11.1 Å². The molecule has 0 amide bonds. The topological polar surface area (TPSA) is 50.9 Å². The monoisotopic (exact) mass is 231 g/mol. The number of halogens is 1. The fourth-order valence-corrected chi connectivity index (χ4v) is 1.55. The number of hydrogen-bond acceptors (Lipinski definition) is 3. The molecule has 0 saturated carbocycles. The number of nitrogen functional groups attached to an aromatic ring is 1. The van der Waals surface area contributed by atoms with Crippen LogP contribution in [0.5, 0.6) is 0 Å². The Morgan fingerprint density at radius 1 is 1.24 bits per heavy atom. The van der Waals surface area contributed by atoms with Crippen molar-refractivity contribution in [1.29, 1.82) is 0 Å². The molecule has 1 aromatic heterocycles. The van der Waals surface area contributed by atoms with Crippen LogP contribution in [-0.4, -0.2) is 4.98 Å². The van der Waals surface area contributed by atoms with Crippen LogP contribution in [0.15, 0.2) is 30.5 Å². The molecule has 2 rings (SSSR count). The Kier molecular flexibility index (Phi) is 2.95. The Morgan fingerprint density at radius 3 is 2.71 bits per heavy atom. The van der Waals surface area contributed by atoms with Crippen LogP contribution in [0.3, 0.4) is 0 Å². The zero-order valence-electron chi connectivity index (χ0n) is 9.79. The molecular weight excluding hydrogens is 217 g/mol. The summed E-state index contributed by atoms with van der Waals surface area (Å²) in [6.45, 7) is 3.81. The van der Waals surface area contributed by atoms with E-state index >= 15 is 0 Å². The highest BCUT2D eigenvalue weighted by Crippen LogP contribution is 2.24. The van der Waals surface area contributed by atoms with Crippen LogP contribution >= 0.6 is 0 Å². The highest BCUT2D eigenvalue weighted by atomic mass is 19.1. The van der Waals surface area contributed by atoms with Crippen LogP contribution in [0.4, 0.5) is 21.6 Å². The lowest BCUT2D eigenvalue weighted by Crippen LogP contribution is -2.01. The Balaban J connectivity index is 2.34. The van der Waals surface area contributed by atoms with E-state index in [1.54, 1.807) is 12.3 Å². The zero-order valence-corrected chi connectivity index (χ0v) is 9.79. The van der Waals surface area contributed by atoms with E-state index in [-0.39, 0.29) is 5.82 Å². The predicted molar refractivity (Wildman–Crippen MR) is 67.8 cm³/mol. The molecule has 88 valence electrons. The van der Waals surface area contributed by atoms with Gasteiger partial charge in [0, 0.05) is 11.9 Å². The number of nitrogens with two attached hydrogens (primary N) is 1. The van der Waals surface area contributed by atoms with Crippen molar-refractivity contribution in [2.75, 3.05) is 11.1 Å². The molecular formula is C13H14FN3. The van der Waals surface area contributed by atoms with Crippen molar-refractivity contribution in [3.63, 3.8) is 0 Å². The Labute approximate surface area is 99.5 Å². The standard InChI is InChI=1S/C13H14FN3/c1-8-5-11(15)13(16-7-8)17-12-6-10(14)4-3-9(12)2/h3-7H,15H2,1-2H3,(H,16,17). The third-order valence-electron chi connectivity index (χ3n) is 2.51. The molecule has 0 unspecified atom stereocenters. The van der Waals surface area contributed by atoms with Gasteiger partial charge in [0.25, 0.3) is 0 Å². The fraction of sp³-hybridized carbons (Fsp3) is 0.154. The first-order chi connectivity index (χ1) is 8.06. The summed E-state index contributed by atoms with van der Waals surface area (Å²) in [6, 6.07) is 6.38. The summed E-state index contributed by atoms with van der Waals surface area (Å²) in [7, 11) is 0. The largest absolute Gasteiger partial charge is 0.396 e. The summed E-state index contributed by atoms with van der Waals surface area (Å²) in [6.07, 6.45) is 1.72. The van der Waals surface area contributed by atoms with E-state index in [0.717, 1.165) is 11.1 Å². The second-order valence-corrected chi connectivity index (χ2v) is 4.03. The van der Waals surface area contributed by atoms with Crippen LogP contribution in [0.25, 0.3) is 0 Å². The van der Waals surface area contributed by atoms with E-state index in [0.29, 0.717) is 17.2 Å². The van der Waals surface area contributed by atoms with Gasteiger partial charge in [-0.3, -0.25) is 0 Å². The maximum atomic E-state index is 13.1. The molecule has 1 heterocycles. The summed E-state index contributed by atoms with van der Waals surface area (Å²) >= 11 is 0. The quantitative estimate of drug-likeness (QED) is 0.834. The molecule has 0 aliphatic heterocycles. The molecule has 0 aliphatic rings. The van der Waals surface area contributed by atoms with Crippen molar-refractivity contribution in [3.8, 4) is 0 Å². The van der Waals surface area contributed by atoms with Crippen molar-refractivity contribution >= 4 is 17.2 Å². The molecule has 0 bridgehead atoms. The molecule has 0 spiro atoms. The van der Waals surface area contributed by atoms with Gasteiger partial charge in [-0.2, -0.15) is 0 Å². The Hall–Kier alpha value is -2.10. The maximum Gasteiger partial charge on any atom is 0.153 e. The fourth-order valence-electron chi connectivity index (χ4n) is 1.55. The minimum atomic E-state index is -0.288. The van der Waals surface area contributed by atoms with Gasteiger partial charge >= 0.3 is 0 Å². The first-order valence-electron chi connectivity index (χ1n) is 5.31. The lowest BCUT2D eigenvalue weighted by molar-refractivity contribution is 0.628. The van der Waals surface area contributed by atoms with E-state index in [4.69, 9.17) is 5.73 Å². The van der Waals surface area contributed by atoms with Gasteiger partial charge in [0.15, 0.2) is 5.82 Å². The molecule has 3 N–H and O–H groups in total. The smallest absolute Gasteiger partial charge is 0.153 e. The van der Waals surface area contributed by atoms with Gasteiger partial charge in [0.1, 0.15) is 5.82 Å². The predicted octanol–water partition coefficient (Wildman–Crippen LogP) is 3.16. The number of anilines is 3. The van der Waals surface area contributed by atoms with Gasteiger partial charge in [-0.05, 0) is 43.2 Å². The third-order valence-corrected chi connectivity index (χ3v) is 2.51. The van der Waals surface area contributed by atoms with Gasteiger partial charge in [-0.25, -0.2) is 9.37 Å².